The first-order valence-corrected chi connectivity index (χ1v) is 7.68. The molecule has 0 saturated carbocycles. The molecule has 0 atom stereocenters. The van der Waals surface area contributed by atoms with E-state index in [1.165, 1.54) is 24.3 Å². The van der Waals surface area contributed by atoms with Crippen molar-refractivity contribution in [3.05, 3.63) is 69.1 Å². The maximum atomic E-state index is 14.2. The molecule has 24 heavy (non-hydrogen) atoms. The van der Waals surface area contributed by atoms with E-state index in [9.17, 15) is 14.0 Å². The van der Waals surface area contributed by atoms with Crippen LogP contribution in [-0.2, 0) is 4.74 Å². The Hall–Kier alpha value is -2.66. The van der Waals surface area contributed by atoms with Gasteiger partial charge in [-0.3, -0.25) is 4.79 Å². The van der Waals surface area contributed by atoms with Crippen LogP contribution in [0.2, 0.25) is 5.02 Å². The minimum atomic E-state index is -0.807. The van der Waals surface area contributed by atoms with Crippen LogP contribution in [0.4, 0.5) is 4.39 Å². The number of aromatic nitrogens is 1. The Labute approximate surface area is 141 Å². The first-order chi connectivity index (χ1) is 11.5. The summed E-state index contributed by atoms with van der Waals surface area (Å²) in [7, 11) is 0. The lowest BCUT2D eigenvalue weighted by atomic mass is 10.0. The van der Waals surface area contributed by atoms with Crippen LogP contribution in [0.5, 0.6) is 0 Å². The standard InChI is InChI=1S/C18H13ClFNO3/c1-2-24-18(23)15-16(11-5-3-4-6-13(11)20)21-14-8-7-10(19)9-12(14)17(15)22/h3-9H,2H2,1H3,(H,21,22). The van der Waals surface area contributed by atoms with E-state index in [0.717, 1.165) is 0 Å². The maximum absolute atomic E-state index is 14.2. The summed E-state index contributed by atoms with van der Waals surface area (Å²) in [6.45, 7) is 1.73. The maximum Gasteiger partial charge on any atom is 0.344 e. The van der Waals surface area contributed by atoms with Crippen LogP contribution >= 0.6 is 11.6 Å². The van der Waals surface area contributed by atoms with Crippen molar-refractivity contribution in [2.24, 2.45) is 0 Å². The molecule has 0 aliphatic rings. The molecule has 122 valence electrons. The smallest absolute Gasteiger partial charge is 0.344 e. The summed E-state index contributed by atoms with van der Waals surface area (Å²) in [5, 5.41) is 0.604. The highest BCUT2D eigenvalue weighted by Crippen LogP contribution is 2.26. The van der Waals surface area contributed by atoms with E-state index in [-0.39, 0.29) is 28.8 Å². The minimum Gasteiger partial charge on any atom is -0.462 e. The summed E-state index contributed by atoms with van der Waals surface area (Å²) in [5.41, 5.74) is -0.128. The topological polar surface area (TPSA) is 59.2 Å². The molecular formula is C18H13ClFNO3. The number of esters is 1. The zero-order valence-electron chi connectivity index (χ0n) is 12.7. The third-order valence-corrected chi connectivity index (χ3v) is 3.82. The average molecular weight is 346 g/mol. The van der Waals surface area contributed by atoms with E-state index >= 15 is 0 Å². The SMILES string of the molecule is CCOC(=O)c1c(-c2ccccc2F)[nH]c2ccc(Cl)cc2c1=O. The summed E-state index contributed by atoms with van der Waals surface area (Å²) in [6.07, 6.45) is 0. The van der Waals surface area contributed by atoms with Gasteiger partial charge in [0.1, 0.15) is 11.4 Å². The van der Waals surface area contributed by atoms with Crippen LogP contribution in [0.15, 0.2) is 47.3 Å². The average Bonchev–Trinajstić information content (AvgIpc) is 2.56. The van der Waals surface area contributed by atoms with Gasteiger partial charge in [-0.15, -0.1) is 0 Å². The second kappa shape index (κ2) is 6.45. The third kappa shape index (κ3) is 2.78. The molecule has 0 spiro atoms. The lowest BCUT2D eigenvalue weighted by Gasteiger charge is -2.12. The van der Waals surface area contributed by atoms with Gasteiger partial charge in [-0.2, -0.15) is 0 Å². The van der Waals surface area contributed by atoms with Crippen molar-refractivity contribution in [2.75, 3.05) is 6.61 Å². The van der Waals surface area contributed by atoms with Crippen LogP contribution in [0.3, 0.4) is 0 Å². The fraction of sp³-hybridized carbons (Fsp3) is 0.111. The highest BCUT2D eigenvalue weighted by atomic mass is 35.5. The molecule has 0 aliphatic carbocycles. The Morgan fingerprint density at radius 3 is 2.71 bits per heavy atom. The van der Waals surface area contributed by atoms with Gasteiger partial charge in [-0.25, -0.2) is 9.18 Å². The number of nitrogens with one attached hydrogen (secondary N) is 1. The lowest BCUT2D eigenvalue weighted by Crippen LogP contribution is -2.20. The number of hydrogen-bond donors (Lipinski definition) is 1. The van der Waals surface area contributed by atoms with E-state index in [1.54, 1.807) is 25.1 Å². The fourth-order valence-electron chi connectivity index (χ4n) is 2.52. The van der Waals surface area contributed by atoms with Gasteiger partial charge in [0.2, 0.25) is 5.43 Å². The van der Waals surface area contributed by atoms with Crippen LogP contribution in [0.1, 0.15) is 17.3 Å². The summed E-state index contributed by atoms with van der Waals surface area (Å²) in [5.74, 6) is -1.36. The first-order valence-electron chi connectivity index (χ1n) is 7.30. The molecule has 0 bridgehead atoms. The molecule has 3 rings (SSSR count). The van der Waals surface area contributed by atoms with Crippen LogP contribution in [-0.4, -0.2) is 17.6 Å². The number of carbonyl (C=O) groups excluding carboxylic acids is 1. The van der Waals surface area contributed by atoms with Crippen molar-refractivity contribution in [2.45, 2.75) is 6.92 Å². The zero-order chi connectivity index (χ0) is 17.3. The number of aromatic amines is 1. The Balaban J connectivity index is 2.41. The molecule has 0 unspecified atom stereocenters. The largest absolute Gasteiger partial charge is 0.462 e. The highest BCUT2D eigenvalue weighted by molar-refractivity contribution is 6.31. The summed E-state index contributed by atoms with van der Waals surface area (Å²) < 4.78 is 19.2. The van der Waals surface area contributed by atoms with Crippen molar-refractivity contribution in [1.29, 1.82) is 0 Å². The molecule has 1 heterocycles. The van der Waals surface area contributed by atoms with Crippen molar-refractivity contribution in [1.82, 2.24) is 4.98 Å². The van der Waals surface area contributed by atoms with Gasteiger partial charge in [0.05, 0.1) is 12.3 Å². The number of halogens is 2. The Bertz CT molecular complexity index is 997. The number of hydrogen-bond acceptors (Lipinski definition) is 3. The summed E-state index contributed by atoms with van der Waals surface area (Å²) in [6, 6.07) is 10.6. The number of benzene rings is 2. The fourth-order valence-corrected chi connectivity index (χ4v) is 2.69. The van der Waals surface area contributed by atoms with Crippen LogP contribution in [0.25, 0.3) is 22.2 Å². The molecule has 6 heteroatoms. The summed E-state index contributed by atoms with van der Waals surface area (Å²) >= 11 is 5.94. The molecular weight excluding hydrogens is 333 g/mol. The van der Waals surface area contributed by atoms with Crippen molar-refractivity contribution >= 4 is 28.5 Å². The molecule has 0 amide bonds. The molecule has 4 nitrogen and oxygen atoms in total. The van der Waals surface area contributed by atoms with Crippen LogP contribution in [0, 0.1) is 5.82 Å². The van der Waals surface area contributed by atoms with Gasteiger partial charge < -0.3 is 9.72 Å². The van der Waals surface area contributed by atoms with Gasteiger partial charge in [0.25, 0.3) is 0 Å². The van der Waals surface area contributed by atoms with Gasteiger partial charge in [0.15, 0.2) is 0 Å². The highest BCUT2D eigenvalue weighted by Gasteiger charge is 2.23. The molecule has 0 radical (unpaired) electrons. The number of rotatable bonds is 3. The number of H-pyrrole nitrogens is 1. The van der Waals surface area contributed by atoms with E-state index in [4.69, 9.17) is 16.3 Å². The number of pyridine rings is 1. The van der Waals surface area contributed by atoms with Crippen molar-refractivity contribution in [3.63, 3.8) is 0 Å². The molecule has 1 N–H and O–H groups in total. The minimum absolute atomic E-state index is 0.0892. The van der Waals surface area contributed by atoms with E-state index in [2.05, 4.69) is 4.98 Å². The summed E-state index contributed by atoms with van der Waals surface area (Å²) in [4.78, 5) is 28.1. The van der Waals surface area contributed by atoms with Crippen LogP contribution < -0.4 is 5.43 Å². The van der Waals surface area contributed by atoms with E-state index in [0.29, 0.717) is 10.5 Å². The molecule has 0 fully saturated rings. The van der Waals surface area contributed by atoms with E-state index < -0.39 is 17.2 Å². The molecule has 2 aromatic carbocycles. The quantitative estimate of drug-likeness (QED) is 0.725. The van der Waals surface area contributed by atoms with Gasteiger partial charge in [-0.1, -0.05) is 23.7 Å². The number of fused-ring (bicyclic) bond motifs is 1. The van der Waals surface area contributed by atoms with Gasteiger partial charge >= 0.3 is 5.97 Å². The molecule has 0 saturated heterocycles. The Morgan fingerprint density at radius 1 is 1.25 bits per heavy atom. The second-order valence-electron chi connectivity index (χ2n) is 5.09. The van der Waals surface area contributed by atoms with Crippen molar-refractivity contribution in [3.8, 4) is 11.3 Å². The Morgan fingerprint density at radius 2 is 2.00 bits per heavy atom. The van der Waals surface area contributed by atoms with Gasteiger partial charge in [0, 0.05) is 21.5 Å². The third-order valence-electron chi connectivity index (χ3n) is 3.59. The molecule has 1 aromatic heterocycles. The second-order valence-corrected chi connectivity index (χ2v) is 5.53. The van der Waals surface area contributed by atoms with Gasteiger partial charge in [-0.05, 0) is 37.3 Å². The number of carbonyl (C=O) groups is 1. The number of ether oxygens (including phenoxy) is 1. The van der Waals surface area contributed by atoms with E-state index in [1.807, 2.05) is 0 Å². The molecule has 0 aliphatic heterocycles. The lowest BCUT2D eigenvalue weighted by molar-refractivity contribution is 0.0525. The zero-order valence-corrected chi connectivity index (χ0v) is 13.5. The van der Waals surface area contributed by atoms with Crippen molar-refractivity contribution < 1.29 is 13.9 Å². The Kier molecular flexibility index (Phi) is 4.36. The first kappa shape index (κ1) is 16.2. The predicted octanol–water partition coefficient (Wildman–Crippen LogP) is 4.16. The molecule has 3 aromatic rings. The normalized spacial score (nSPS) is 10.8. The monoisotopic (exact) mass is 345 g/mol. The predicted molar refractivity (Wildman–Crippen MR) is 90.9 cm³/mol.